The molecular formula is C63H105N2O7P. The van der Waals surface area contributed by atoms with Crippen molar-refractivity contribution in [2.45, 2.75) is 205 Å². The number of nitrogens with zero attached hydrogens (tertiary/aromatic N) is 1. The number of phosphoric acid groups is 1. The van der Waals surface area contributed by atoms with Crippen molar-refractivity contribution in [2.24, 2.45) is 0 Å². The topological polar surface area (TPSA) is 128 Å². The molecule has 0 aromatic heterocycles. The Hall–Kier alpha value is -3.66. The Balaban J connectivity index is 4.28. The summed E-state index contributed by atoms with van der Waals surface area (Å²) in [5, 5.41) is 24.6. The molecule has 1 amide bonds. The summed E-state index contributed by atoms with van der Waals surface area (Å²) in [4.78, 5) is 25.5. The van der Waals surface area contributed by atoms with Crippen LogP contribution in [0, 0.1) is 0 Å². The van der Waals surface area contributed by atoms with E-state index >= 15 is 0 Å². The number of carbonyl (C=O) groups excluding carboxylic acids is 1. The second-order valence-corrected chi connectivity index (χ2v) is 21.1. The molecule has 4 atom stereocenters. The van der Waals surface area contributed by atoms with Gasteiger partial charge in [0.2, 0.25) is 5.91 Å². The SMILES string of the molecule is CC/C=C\C/C=C\C/C=C\C/C=C\C/C=C\C/C=C\C/C=C\C/C=C\C/C=C\C/C=C\CCCCCCCCC(=O)NC(COP(=O)([O-])OCC[N+](C)(C)C)C(O)C(O)CCC/C=C/CC/C=C/CCCCC. The molecule has 0 aromatic rings. The monoisotopic (exact) mass is 1030 g/mol. The molecule has 0 aliphatic rings. The first kappa shape index (κ1) is 69.3. The van der Waals surface area contributed by atoms with Crippen molar-refractivity contribution in [3.63, 3.8) is 0 Å². The lowest BCUT2D eigenvalue weighted by molar-refractivity contribution is -0.870. The van der Waals surface area contributed by atoms with Crippen LogP contribution in [-0.2, 0) is 18.4 Å². The minimum Gasteiger partial charge on any atom is -0.756 e. The lowest BCUT2D eigenvalue weighted by Gasteiger charge is -2.31. The van der Waals surface area contributed by atoms with E-state index in [-0.39, 0.29) is 18.9 Å². The smallest absolute Gasteiger partial charge is 0.268 e. The molecule has 414 valence electrons. The summed E-state index contributed by atoms with van der Waals surface area (Å²) in [6.07, 6.45) is 76.3. The number of quaternary nitrogens is 1. The van der Waals surface area contributed by atoms with E-state index in [2.05, 4.69) is 165 Å². The first-order valence-electron chi connectivity index (χ1n) is 28.3. The van der Waals surface area contributed by atoms with Crippen LogP contribution in [0.25, 0.3) is 0 Å². The highest BCUT2D eigenvalue weighted by atomic mass is 31.2. The van der Waals surface area contributed by atoms with E-state index in [0.717, 1.165) is 128 Å². The van der Waals surface area contributed by atoms with Crippen LogP contribution in [-0.4, -0.2) is 79.8 Å². The van der Waals surface area contributed by atoms with E-state index in [9.17, 15) is 24.5 Å². The zero-order valence-electron chi connectivity index (χ0n) is 46.6. The summed E-state index contributed by atoms with van der Waals surface area (Å²) in [7, 11) is 1.06. The molecule has 0 radical (unpaired) electrons. The lowest BCUT2D eigenvalue weighted by atomic mass is 10.0. The molecule has 0 bridgehead atoms. The molecule has 0 aliphatic carbocycles. The van der Waals surface area contributed by atoms with Crippen LogP contribution in [0.5, 0.6) is 0 Å². The number of nitrogens with one attached hydrogen (secondary N) is 1. The molecule has 0 rings (SSSR count). The van der Waals surface area contributed by atoms with Crippen molar-refractivity contribution in [3.05, 3.63) is 146 Å². The zero-order valence-corrected chi connectivity index (χ0v) is 47.5. The van der Waals surface area contributed by atoms with Gasteiger partial charge in [-0.2, -0.15) is 0 Å². The number of unbranched alkanes of at least 4 members (excludes halogenated alkanes) is 11. The van der Waals surface area contributed by atoms with E-state index in [4.69, 9.17) is 9.05 Å². The molecule has 9 nitrogen and oxygen atoms in total. The van der Waals surface area contributed by atoms with Gasteiger partial charge in [0.25, 0.3) is 7.82 Å². The fourth-order valence-electron chi connectivity index (χ4n) is 7.18. The van der Waals surface area contributed by atoms with E-state index in [1.165, 1.54) is 19.3 Å². The van der Waals surface area contributed by atoms with Crippen LogP contribution in [0.1, 0.15) is 187 Å². The first-order chi connectivity index (χ1) is 35.4. The van der Waals surface area contributed by atoms with Crippen molar-refractivity contribution in [1.29, 1.82) is 0 Å². The fourth-order valence-corrected chi connectivity index (χ4v) is 7.90. The summed E-state index contributed by atoms with van der Waals surface area (Å²) in [5.74, 6) is -0.315. The third-order valence-corrected chi connectivity index (χ3v) is 12.6. The third-order valence-electron chi connectivity index (χ3n) is 11.6. The van der Waals surface area contributed by atoms with E-state index in [0.29, 0.717) is 30.3 Å². The Kier molecular flexibility index (Phi) is 49.2. The predicted molar refractivity (Wildman–Crippen MR) is 312 cm³/mol. The number of phosphoric ester groups is 1. The molecule has 0 aromatic carbocycles. The highest BCUT2D eigenvalue weighted by molar-refractivity contribution is 7.45. The number of hydrogen-bond acceptors (Lipinski definition) is 7. The zero-order chi connectivity index (χ0) is 53.6. The molecule has 0 heterocycles. The standard InChI is InChI=1S/C63H105N2O7P/c1-6-8-10-12-14-16-18-20-21-22-23-24-25-26-27-28-29-30-31-32-33-34-35-36-37-38-39-40-41-42-43-44-46-48-50-52-54-56-62(67)64-60(59-72-73(69,70)71-58-57-65(3,4)5)63(68)61(66)55-53-51-49-47-45-19-17-15-13-11-9-7-2/h8,10,14-17,20-21,23-24,26-27,29-30,32-33,35-36,38-39,41-42,47,49,60-61,63,66,68H,6-7,9,11-13,18-19,22,25,28,31,34,37,40,43-46,48,50-59H2,1-5H3,(H-,64,67,69,70)/b10-8-,16-14-,17-15+,21-20-,24-23-,27-26-,30-29-,33-32-,36-35-,39-38-,42-41-,49-47+. The average molecular weight is 1030 g/mol. The molecule has 0 saturated heterocycles. The fraction of sp³-hybridized carbons (Fsp3) is 0.603. The Morgan fingerprint density at radius 2 is 0.877 bits per heavy atom. The molecular weight excluding hydrogens is 928 g/mol. The molecule has 0 fully saturated rings. The highest BCUT2D eigenvalue weighted by Crippen LogP contribution is 2.38. The van der Waals surface area contributed by atoms with Gasteiger partial charge in [-0.3, -0.25) is 9.36 Å². The number of carbonyl (C=O) groups is 1. The minimum absolute atomic E-state index is 0.0602. The van der Waals surface area contributed by atoms with Crippen LogP contribution in [0.2, 0.25) is 0 Å². The largest absolute Gasteiger partial charge is 0.756 e. The normalized spacial score (nSPS) is 15.5. The summed E-state index contributed by atoms with van der Waals surface area (Å²) in [5.41, 5.74) is 0. The Labute approximate surface area is 447 Å². The minimum atomic E-state index is -4.70. The highest BCUT2D eigenvalue weighted by Gasteiger charge is 2.29. The van der Waals surface area contributed by atoms with E-state index < -0.39 is 32.7 Å². The van der Waals surface area contributed by atoms with Gasteiger partial charge in [-0.05, 0) is 128 Å². The van der Waals surface area contributed by atoms with E-state index in [1.807, 2.05) is 21.1 Å². The Morgan fingerprint density at radius 1 is 0.507 bits per heavy atom. The van der Waals surface area contributed by atoms with E-state index in [1.54, 1.807) is 0 Å². The summed E-state index contributed by atoms with van der Waals surface area (Å²) in [6.45, 7) is 4.22. The van der Waals surface area contributed by atoms with Gasteiger partial charge in [0.1, 0.15) is 19.3 Å². The maximum Gasteiger partial charge on any atom is 0.268 e. The van der Waals surface area contributed by atoms with Crippen molar-refractivity contribution in [1.82, 2.24) is 5.32 Å². The summed E-state index contributed by atoms with van der Waals surface area (Å²) in [6, 6.07) is -1.12. The summed E-state index contributed by atoms with van der Waals surface area (Å²) < 4.78 is 23.2. The number of aliphatic hydroxyl groups excluding tert-OH is 2. The number of amides is 1. The average Bonchev–Trinajstić information content (AvgIpc) is 3.35. The quantitative estimate of drug-likeness (QED) is 0.0240. The van der Waals surface area contributed by atoms with Crippen LogP contribution in [0.4, 0.5) is 0 Å². The predicted octanol–water partition coefficient (Wildman–Crippen LogP) is 15.6. The molecule has 0 spiro atoms. The molecule has 4 unspecified atom stereocenters. The van der Waals surface area contributed by atoms with Gasteiger partial charge in [-0.1, -0.05) is 198 Å². The second-order valence-electron chi connectivity index (χ2n) is 19.7. The summed E-state index contributed by atoms with van der Waals surface area (Å²) >= 11 is 0. The molecule has 73 heavy (non-hydrogen) atoms. The lowest BCUT2D eigenvalue weighted by Crippen LogP contribution is -2.51. The van der Waals surface area contributed by atoms with Crippen molar-refractivity contribution < 1.29 is 38.0 Å². The van der Waals surface area contributed by atoms with Crippen molar-refractivity contribution in [3.8, 4) is 0 Å². The van der Waals surface area contributed by atoms with Crippen LogP contribution in [0.3, 0.4) is 0 Å². The maximum atomic E-state index is 13.0. The number of hydrogen-bond donors (Lipinski definition) is 3. The van der Waals surface area contributed by atoms with Gasteiger partial charge in [0, 0.05) is 6.42 Å². The maximum absolute atomic E-state index is 13.0. The Bertz CT molecular complexity index is 1710. The van der Waals surface area contributed by atoms with Crippen molar-refractivity contribution in [2.75, 3.05) is 40.9 Å². The first-order valence-corrected chi connectivity index (χ1v) is 29.7. The Morgan fingerprint density at radius 3 is 1.32 bits per heavy atom. The van der Waals surface area contributed by atoms with Gasteiger partial charge in [0.05, 0.1) is 39.9 Å². The van der Waals surface area contributed by atoms with Crippen molar-refractivity contribution >= 4 is 13.7 Å². The van der Waals surface area contributed by atoms with Gasteiger partial charge in [0.15, 0.2) is 0 Å². The number of rotatable bonds is 49. The third kappa shape index (κ3) is 53.0. The molecule has 3 N–H and O–H groups in total. The number of likely N-dealkylation sites (N-methyl/N-ethyl adjacent to an activating group) is 1. The number of aliphatic hydroxyl groups is 2. The molecule has 0 saturated carbocycles. The second kappa shape index (κ2) is 51.8. The van der Waals surface area contributed by atoms with Gasteiger partial charge < -0.3 is 34.0 Å². The molecule has 0 aliphatic heterocycles. The van der Waals surface area contributed by atoms with Crippen LogP contribution >= 0.6 is 7.82 Å². The van der Waals surface area contributed by atoms with Crippen LogP contribution < -0.4 is 10.2 Å². The van der Waals surface area contributed by atoms with Gasteiger partial charge in [-0.15, -0.1) is 0 Å². The molecule has 10 heteroatoms. The van der Waals surface area contributed by atoms with Crippen LogP contribution in [0.15, 0.2) is 146 Å². The number of allylic oxidation sites excluding steroid dienone is 24. The van der Waals surface area contributed by atoms with Gasteiger partial charge in [-0.25, -0.2) is 0 Å². The van der Waals surface area contributed by atoms with Gasteiger partial charge >= 0.3 is 0 Å².